The van der Waals surface area contributed by atoms with Gasteiger partial charge in [0.2, 0.25) is 5.88 Å². The van der Waals surface area contributed by atoms with E-state index in [0.717, 1.165) is 6.54 Å². The van der Waals surface area contributed by atoms with Crippen molar-refractivity contribution in [2.45, 2.75) is 13.5 Å². The summed E-state index contributed by atoms with van der Waals surface area (Å²) < 4.78 is 7.06. The predicted octanol–water partition coefficient (Wildman–Crippen LogP) is 0.665. The van der Waals surface area contributed by atoms with Gasteiger partial charge in [-0.15, -0.1) is 0 Å². The molecule has 2 N–H and O–H groups in total. The summed E-state index contributed by atoms with van der Waals surface area (Å²) in [7, 11) is 0. The number of hydrogen-bond donors (Lipinski definition) is 1. The summed E-state index contributed by atoms with van der Waals surface area (Å²) in [6, 6.07) is 1.66. The van der Waals surface area contributed by atoms with Gasteiger partial charge in [-0.05, 0) is 6.07 Å². The van der Waals surface area contributed by atoms with Crippen molar-refractivity contribution in [2.75, 3.05) is 12.3 Å². The Kier molecular flexibility index (Phi) is 1.36. The third-order valence-corrected chi connectivity index (χ3v) is 1.99. The fraction of sp³-hybridized carbons (Fsp3) is 0.375. The summed E-state index contributed by atoms with van der Waals surface area (Å²) in [6.07, 6.45) is 0. The highest BCUT2D eigenvalue weighted by atomic mass is 16.5. The average molecular weight is 166 g/mol. The molecule has 0 aromatic carbocycles. The van der Waals surface area contributed by atoms with Gasteiger partial charge in [0.25, 0.3) is 0 Å². The molecule has 0 aliphatic carbocycles. The second-order valence-electron chi connectivity index (χ2n) is 2.85. The number of ketones is 1. The number of nitrogens with zero attached hydrogens (tertiary/aromatic N) is 1. The van der Waals surface area contributed by atoms with Crippen molar-refractivity contribution in [1.82, 2.24) is 4.57 Å². The number of nitrogens with two attached hydrogens (primary N) is 1. The maximum absolute atomic E-state index is 11.1. The van der Waals surface area contributed by atoms with Gasteiger partial charge in [-0.3, -0.25) is 4.79 Å². The molecule has 0 saturated heterocycles. The lowest BCUT2D eigenvalue weighted by Crippen LogP contribution is -2.03. The number of carbonyl (C=O) groups excluding carboxylic acids is 1. The number of anilines is 1. The molecule has 0 amide bonds. The molecule has 0 atom stereocenters. The van der Waals surface area contributed by atoms with Crippen LogP contribution in [0.15, 0.2) is 6.07 Å². The average Bonchev–Trinajstić information content (AvgIpc) is 2.53. The lowest BCUT2D eigenvalue weighted by Gasteiger charge is -1.97. The molecule has 1 aliphatic rings. The quantitative estimate of drug-likeness (QED) is 0.623. The summed E-state index contributed by atoms with van der Waals surface area (Å²) in [6.45, 7) is 2.86. The van der Waals surface area contributed by atoms with E-state index in [4.69, 9.17) is 10.5 Å². The molecule has 1 aromatic rings. The zero-order valence-electron chi connectivity index (χ0n) is 6.83. The fourth-order valence-corrected chi connectivity index (χ4v) is 1.46. The van der Waals surface area contributed by atoms with E-state index in [1.165, 1.54) is 6.92 Å². The Morgan fingerprint density at radius 1 is 1.75 bits per heavy atom. The number of aromatic nitrogens is 1. The van der Waals surface area contributed by atoms with Crippen LogP contribution in [0.4, 0.5) is 5.69 Å². The minimum atomic E-state index is 0.0263. The van der Waals surface area contributed by atoms with E-state index in [1.807, 2.05) is 4.57 Å². The van der Waals surface area contributed by atoms with Crippen molar-refractivity contribution in [3.63, 3.8) is 0 Å². The second kappa shape index (κ2) is 2.27. The van der Waals surface area contributed by atoms with Gasteiger partial charge in [-0.25, -0.2) is 0 Å². The molecule has 0 fully saturated rings. The minimum Gasteiger partial charge on any atom is -0.475 e. The first-order valence-electron chi connectivity index (χ1n) is 3.83. The van der Waals surface area contributed by atoms with Gasteiger partial charge in [0, 0.05) is 6.92 Å². The van der Waals surface area contributed by atoms with Crippen LogP contribution in [0.3, 0.4) is 0 Å². The molecule has 4 heteroatoms. The molecule has 1 aromatic heterocycles. The topological polar surface area (TPSA) is 57.2 Å². The molecule has 0 radical (unpaired) electrons. The molecule has 2 rings (SSSR count). The molecular formula is C8H10N2O2. The van der Waals surface area contributed by atoms with E-state index in [-0.39, 0.29) is 5.78 Å². The summed E-state index contributed by atoms with van der Waals surface area (Å²) in [5, 5.41) is 0. The second-order valence-corrected chi connectivity index (χ2v) is 2.85. The van der Waals surface area contributed by atoms with Crippen LogP contribution in [0.1, 0.15) is 17.4 Å². The molecule has 64 valence electrons. The van der Waals surface area contributed by atoms with Crippen LogP contribution < -0.4 is 10.5 Å². The first-order chi connectivity index (χ1) is 5.70. The molecule has 4 nitrogen and oxygen atoms in total. The number of Topliss-reactive ketones (excluding diaryl/α,β-unsaturated/α-hetero) is 1. The van der Waals surface area contributed by atoms with E-state index in [9.17, 15) is 4.79 Å². The normalized spacial score (nSPS) is 14.1. The maximum atomic E-state index is 11.1. The standard InChI is InChI=1S/C8H10N2O2/c1-5(11)7-4-6(9)8-10(7)2-3-12-8/h4H,2-3,9H2,1H3. The Hall–Kier alpha value is -1.45. The molecule has 1 aliphatic heterocycles. The minimum absolute atomic E-state index is 0.0263. The highest BCUT2D eigenvalue weighted by molar-refractivity contribution is 5.94. The third kappa shape index (κ3) is 0.809. The van der Waals surface area contributed by atoms with Gasteiger partial charge in [0.05, 0.1) is 17.9 Å². The zero-order chi connectivity index (χ0) is 8.72. The summed E-state index contributed by atoms with van der Waals surface area (Å²) in [4.78, 5) is 11.1. The monoisotopic (exact) mass is 166 g/mol. The first-order valence-corrected chi connectivity index (χ1v) is 3.83. The van der Waals surface area contributed by atoms with E-state index < -0.39 is 0 Å². The first kappa shape index (κ1) is 7.21. The van der Waals surface area contributed by atoms with Crippen LogP contribution in [-0.4, -0.2) is 17.0 Å². The molecule has 0 saturated carbocycles. The molecular weight excluding hydrogens is 156 g/mol. The molecule has 2 heterocycles. The third-order valence-electron chi connectivity index (χ3n) is 1.99. The van der Waals surface area contributed by atoms with Gasteiger partial charge in [0.15, 0.2) is 5.78 Å². The number of fused-ring (bicyclic) bond motifs is 1. The maximum Gasteiger partial charge on any atom is 0.218 e. The van der Waals surface area contributed by atoms with Crippen molar-refractivity contribution < 1.29 is 9.53 Å². The van der Waals surface area contributed by atoms with E-state index in [1.54, 1.807) is 6.07 Å². The van der Waals surface area contributed by atoms with Gasteiger partial charge in [-0.2, -0.15) is 0 Å². The van der Waals surface area contributed by atoms with E-state index >= 15 is 0 Å². The molecule has 12 heavy (non-hydrogen) atoms. The lowest BCUT2D eigenvalue weighted by atomic mass is 10.3. The number of nitrogen functional groups attached to an aromatic ring is 1. The van der Waals surface area contributed by atoms with Crippen LogP contribution in [0.2, 0.25) is 0 Å². The largest absolute Gasteiger partial charge is 0.475 e. The Labute approximate surface area is 69.9 Å². The van der Waals surface area contributed by atoms with Crippen molar-refractivity contribution in [2.24, 2.45) is 0 Å². The molecule has 0 bridgehead atoms. The molecule has 0 unspecified atom stereocenters. The van der Waals surface area contributed by atoms with Crippen molar-refractivity contribution in [3.05, 3.63) is 11.8 Å². The lowest BCUT2D eigenvalue weighted by molar-refractivity contribution is 0.100. The number of hydrogen-bond acceptors (Lipinski definition) is 3. The van der Waals surface area contributed by atoms with Gasteiger partial charge in [0.1, 0.15) is 6.61 Å². The smallest absolute Gasteiger partial charge is 0.218 e. The summed E-state index contributed by atoms with van der Waals surface area (Å²) in [5.74, 6) is 0.665. The number of carbonyl (C=O) groups is 1. The van der Waals surface area contributed by atoms with Crippen LogP contribution in [0, 0.1) is 0 Å². The van der Waals surface area contributed by atoms with E-state index in [0.29, 0.717) is 23.9 Å². The Bertz CT molecular complexity index is 341. The van der Waals surface area contributed by atoms with Gasteiger partial charge < -0.3 is 15.0 Å². The SMILES string of the molecule is CC(=O)c1cc(N)c2n1CCO2. The predicted molar refractivity (Wildman–Crippen MR) is 44.3 cm³/mol. The van der Waals surface area contributed by atoms with E-state index in [2.05, 4.69) is 0 Å². The number of rotatable bonds is 1. The van der Waals surface area contributed by atoms with Gasteiger partial charge >= 0.3 is 0 Å². The van der Waals surface area contributed by atoms with Gasteiger partial charge in [-0.1, -0.05) is 0 Å². The Morgan fingerprint density at radius 3 is 3.17 bits per heavy atom. The van der Waals surface area contributed by atoms with Crippen molar-refractivity contribution in [3.8, 4) is 5.88 Å². The van der Waals surface area contributed by atoms with Crippen LogP contribution in [0.25, 0.3) is 0 Å². The molecule has 0 spiro atoms. The fourth-order valence-electron chi connectivity index (χ4n) is 1.46. The number of ether oxygens (including phenoxy) is 1. The van der Waals surface area contributed by atoms with Crippen LogP contribution in [-0.2, 0) is 6.54 Å². The highest BCUT2D eigenvalue weighted by Gasteiger charge is 2.21. The Balaban J connectivity index is 2.58. The summed E-state index contributed by atoms with van der Waals surface area (Å²) in [5.41, 5.74) is 6.82. The van der Waals surface area contributed by atoms with Crippen molar-refractivity contribution in [1.29, 1.82) is 0 Å². The van der Waals surface area contributed by atoms with Crippen molar-refractivity contribution >= 4 is 11.5 Å². The van der Waals surface area contributed by atoms with Crippen LogP contribution >= 0.6 is 0 Å². The highest BCUT2D eigenvalue weighted by Crippen LogP contribution is 2.30. The zero-order valence-corrected chi connectivity index (χ0v) is 6.83. The van der Waals surface area contributed by atoms with Crippen LogP contribution in [0.5, 0.6) is 5.88 Å². The Morgan fingerprint density at radius 2 is 2.50 bits per heavy atom. The summed E-state index contributed by atoms with van der Waals surface area (Å²) >= 11 is 0.